The summed E-state index contributed by atoms with van der Waals surface area (Å²) in [5.74, 6) is -0.462. The van der Waals surface area contributed by atoms with Gasteiger partial charge in [-0.1, -0.05) is 25.1 Å². The molecule has 146 valence electrons. The van der Waals surface area contributed by atoms with Crippen molar-refractivity contribution in [2.24, 2.45) is 0 Å². The van der Waals surface area contributed by atoms with Crippen LogP contribution in [0.4, 0.5) is 5.69 Å². The fraction of sp³-hybridized carbons (Fsp3) is 0.300. The highest BCUT2D eigenvalue weighted by molar-refractivity contribution is 7.89. The molecule has 1 aliphatic rings. The molecule has 0 atom stereocenters. The van der Waals surface area contributed by atoms with E-state index in [0.29, 0.717) is 37.4 Å². The molecule has 7 nitrogen and oxygen atoms in total. The second kappa shape index (κ2) is 8.52. The van der Waals surface area contributed by atoms with Gasteiger partial charge in [-0.05, 0) is 36.9 Å². The highest BCUT2D eigenvalue weighted by Crippen LogP contribution is 2.20. The van der Waals surface area contributed by atoms with E-state index in [-0.39, 0.29) is 10.5 Å². The standard InChI is InChI=1S/C20H22N4O3S/c1-2-23-10-12-24(13-11-23)28(26,27)18-8-5-7-16(14-18)20(25)22-19-9-4-3-6-17(19)15-21/h3-9,14H,2,10-13H2,1H3,(H,22,25). The van der Waals surface area contributed by atoms with E-state index in [1.807, 2.05) is 6.07 Å². The molecule has 0 spiro atoms. The summed E-state index contributed by atoms with van der Waals surface area (Å²) in [4.78, 5) is 14.9. The van der Waals surface area contributed by atoms with Gasteiger partial charge in [-0.25, -0.2) is 8.42 Å². The Kier molecular flexibility index (Phi) is 6.09. The monoisotopic (exact) mass is 398 g/mol. The van der Waals surface area contributed by atoms with E-state index in [2.05, 4.69) is 17.1 Å². The molecule has 1 N–H and O–H groups in total. The number of benzene rings is 2. The van der Waals surface area contributed by atoms with Crippen LogP contribution in [-0.2, 0) is 10.0 Å². The number of anilines is 1. The summed E-state index contributed by atoms with van der Waals surface area (Å²) in [6.07, 6.45) is 0. The molecule has 2 aromatic rings. The minimum atomic E-state index is -3.66. The predicted octanol–water partition coefficient (Wildman–Crippen LogP) is 2.14. The van der Waals surface area contributed by atoms with Crippen molar-refractivity contribution >= 4 is 21.6 Å². The van der Waals surface area contributed by atoms with Gasteiger partial charge in [-0.3, -0.25) is 4.79 Å². The van der Waals surface area contributed by atoms with Crippen molar-refractivity contribution in [3.8, 4) is 6.07 Å². The first-order valence-corrected chi connectivity index (χ1v) is 10.5. The molecular weight excluding hydrogens is 376 g/mol. The van der Waals surface area contributed by atoms with Crippen LogP contribution in [0.15, 0.2) is 53.4 Å². The first-order valence-electron chi connectivity index (χ1n) is 9.08. The summed E-state index contributed by atoms with van der Waals surface area (Å²) >= 11 is 0. The Morgan fingerprint density at radius 2 is 1.82 bits per heavy atom. The average Bonchev–Trinajstić information content (AvgIpc) is 2.74. The summed E-state index contributed by atoms with van der Waals surface area (Å²) in [5, 5.41) is 11.8. The largest absolute Gasteiger partial charge is 0.321 e. The Hall–Kier alpha value is -2.73. The third kappa shape index (κ3) is 4.22. The van der Waals surface area contributed by atoms with Crippen molar-refractivity contribution in [1.29, 1.82) is 5.26 Å². The maximum absolute atomic E-state index is 12.9. The number of hydrogen-bond acceptors (Lipinski definition) is 5. The van der Waals surface area contributed by atoms with Crippen LogP contribution < -0.4 is 5.32 Å². The van der Waals surface area contributed by atoms with Crippen LogP contribution in [0.25, 0.3) is 0 Å². The first kappa shape index (κ1) is 20.0. The van der Waals surface area contributed by atoms with Crippen molar-refractivity contribution in [3.63, 3.8) is 0 Å². The molecule has 8 heteroatoms. The minimum Gasteiger partial charge on any atom is -0.321 e. The minimum absolute atomic E-state index is 0.0960. The van der Waals surface area contributed by atoms with Crippen LogP contribution in [0, 0.1) is 11.3 Å². The van der Waals surface area contributed by atoms with Crippen molar-refractivity contribution in [3.05, 3.63) is 59.7 Å². The summed E-state index contributed by atoms with van der Waals surface area (Å²) < 4.78 is 27.4. The van der Waals surface area contributed by atoms with Crippen molar-refractivity contribution < 1.29 is 13.2 Å². The zero-order valence-electron chi connectivity index (χ0n) is 15.6. The Labute approximate surface area is 165 Å². The molecule has 0 aromatic heterocycles. The Morgan fingerprint density at radius 1 is 1.11 bits per heavy atom. The van der Waals surface area contributed by atoms with Gasteiger partial charge in [-0.15, -0.1) is 0 Å². The van der Waals surface area contributed by atoms with Gasteiger partial charge in [-0.2, -0.15) is 9.57 Å². The number of piperazine rings is 1. The zero-order valence-corrected chi connectivity index (χ0v) is 16.4. The van der Waals surface area contributed by atoms with Crippen LogP contribution >= 0.6 is 0 Å². The highest BCUT2D eigenvalue weighted by atomic mass is 32.2. The van der Waals surface area contributed by atoms with Gasteiger partial charge >= 0.3 is 0 Å². The maximum atomic E-state index is 12.9. The number of likely N-dealkylation sites (N-methyl/N-ethyl adjacent to an activating group) is 1. The van der Waals surface area contributed by atoms with E-state index in [1.165, 1.54) is 16.4 Å². The van der Waals surface area contributed by atoms with Gasteiger partial charge in [0.2, 0.25) is 10.0 Å². The van der Waals surface area contributed by atoms with Crippen molar-refractivity contribution in [1.82, 2.24) is 9.21 Å². The summed E-state index contributed by atoms with van der Waals surface area (Å²) in [7, 11) is -3.66. The van der Waals surface area contributed by atoms with E-state index >= 15 is 0 Å². The first-order chi connectivity index (χ1) is 13.5. The van der Waals surface area contributed by atoms with E-state index in [4.69, 9.17) is 5.26 Å². The zero-order chi connectivity index (χ0) is 20.1. The topological polar surface area (TPSA) is 93.5 Å². The van der Waals surface area contributed by atoms with Gasteiger partial charge in [0.25, 0.3) is 5.91 Å². The van der Waals surface area contributed by atoms with E-state index < -0.39 is 15.9 Å². The molecule has 2 aromatic carbocycles. The molecule has 1 fully saturated rings. The number of hydrogen-bond donors (Lipinski definition) is 1. The number of sulfonamides is 1. The molecule has 1 aliphatic heterocycles. The molecule has 0 radical (unpaired) electrons. The normalized spacial score (nSPS) is 15.7. The SMILES string of the molecule is CCN1CCN(S(=O)(=O)c2cccc(C(=O)Nc3ccccc3C#N)c2)CC1. The number of nitrogens with zero attached hydrogens (tertiary/aromatic N) is 3. The molecule has 28 heavy (non-hydrogen) atoms. The molecule has 1 saturated heterocycles. The van der Waals surface area contributed by atoms with Gasteiger partial charge in [0, 0.05) is 31.7 Å². The molecule has 1 heterocycles. The van der Waals surface area contributed by atoms with Gasteiger partial charge in [0.1, 0.15) is 6.07 Å². The Morgan fingerprint density at radius 3 is 2.50 bits per heavy atom. The lowest BCUT2D eigenvalue weighted by atomic mass is 10.1. The smallest absolute Gasteiger partial charge is 0.255 e. The molecular formula is C20H22N4O3S. The molecule has 0 saturated carbocycles. The lowest BCUT2D eigenvalue weighted by molar-refractivity contribution is 0.102. The van der Waals surface area contributed by atoms with Gasteiger partial charge in [0.15, 0.2) is 0 Å². The Bertz CT molecular complexity index is 1010. The Balaban J connectivity index is 1.80. The molecule has 0 aliphatic carbocycles. The van der Waals surface area contributed by atoms with Crippen molar-refractivity contribution in [2.75, 3.05) is 38.0 Å². The number of nitrogens with one attached hydrogen (secondary N) is 1. The third-order valence-electron chi connectivity index (χ3n) is 4.81. The summed E-state index contributed by atoms with van der Waals surface area (Å²) in [5.41, 5.74) is 0.952. The highest BCUT2D eigenvalue weighted by Gasteiger charge is 2.28. The van der Waals surface area contributed by atoms with E-state index in [0.717, 1.165) is 6.54 Å². The molecule has 0 bridgehead atoms. The van der Waals surface area contributed by atoms with Crippen LogP contribution in [-0.4, -0.2) is 56.3 Å². The number of rotatable bonds is 5. The number of nitriles is 1. The van der Waals surface area contributed by atoms with Gasteiger partial charge in [0.05, 0.1) is 16.1 Å². The summed E-state index contributed by atoms with van der Waals surface area (Å²) in [6.45, 7) is 5.20. The number of amides is 1. The fourth-order valence-electron chi connectivity index (χ4n) is 3.12. The number of carbonyl (C=O) groups is 1. The van der Waals surface area contributed by atoms with Crippen LogP contribution in [0.5, 0.6) is 0 Å². The lowest BCUT2D eigenvalue weighted by Crippen LogP contribution is -2.48. The van der Waals surface area contributed by atoms with E-state index in [1.54, 1.807) is 36.4 Å². The third-order valence-corrected chi connectivity index (χ3v) is 6.70. The van der Waals surface area contributed by atoms with Gasteiger partial charge < -0.3 is 10.2 Å². The maximum Gasteiger partial charge on any atom is 0.255 e. The second-order valence-electron chi connectivity index (χ2n) is 6.48. The van der Waals surface area contributed by atoms with Crippen LogP contribution in [0.1, 0.15) is 22.8 Å². The molecule has 3 rings (SSSR count). The van der Waals surface area contributed by atoms with Crippen LogP contribution in [0.2, 0.25) is 0 Å². The molecule has 0 unspecified atom stereocenters. The van der Waals surface area contributed by atoms with Crippen molar-refractivity contribution in [2.45, 2.75) is 11.8 Å². The average molecular weight is 398 g/mol. The number of carbonyl (C=O) groups excluding carboxylic acids is 1. The predicted molar refractivity (Wildman–Crippen MR) is 106 cm³/mol. The van der Waals surface area contributed by atoms with Crippen LogP contribution in [0.3, 0.4) is 0 Å². The van der Waals surface area contributed by atoms with E-state index in [9.17, 15) is 13.2 Å². The summed E-state index contributed by atoms with van der Waals surface area (Å²) in [6, 6.07) is 14.7. The number of para-hydroxylation sites is 1. The fourth-order valence-corrected chi connectivity index (χ4v) is 4.59. The lowest BCUT2D eigenvalue weighted by Gasteiger charge is -2.33. The quantitative estimate of drug-likeness (QED) is 0.833. The second-order valence-corrected chi connectivity index (χ2v) is 8.42. The molecule has 1 amide bonds.